The van der Waals surface area contributed by atoms with E-state index in [1.807, 2.05) is 36.4 Å². The van der Waals surface area contributed by atoms with Gasteiger partial charge in [0.05, 0.1) is 28.1 Å². The van der Waals surface area contributed by atoms with Crippen molar-refractivity contribution in [3.8, 4) is 28.3 Å². The van der Waals surface area contributed by atoms with Crippen LogP contribution in [0.3, 0.4) is 0 Å². The molecule has 11 rings (SSSR count). The Hall–Kier alpha value is -7.37. The molecule has 0 unspecified atom stereocenters. The summed E-state index contributed by atoms with van der Waals surface area (Å²) in [5.41, 5.74) is 12.6. The van der Waals surface area contributed by atoms with Crippen molar-refractivity contribution in [1.82, 2.24) is 9.55 Å². The maximum absolute atomic E-state index is 6.92. The van der Waals surface area contributed by atoms with Crippen LogP contribution in [0.15, 0.2) is 197 Å². The summed E-state index contributed by atoms with van der Waals surface area (Å²) in [6.07, 6.45) is 0. The topological polar surface area (TPSA) is 47.3 Å². The van der Waals surface area contributed by atoms with Gasteiger partial charge >= 0.3 is 0 Å². The number of benzene rings is 8. The average molecular weight is 694 g/mol. The smallest absolute Gasteiger partial charge is 0.227 e. The largest absolute Gasteiger partial charge is 0.454 e. The number of oxazole rings is 1. The van der Waals surface area contributed by atoms with Crippen molar-refractivity contribution in [3.05, 3.63) is 188 Å². The quantitative estimate of drug-likeness (QED) is 0.174. The number of furan rings is 1. The number of rotatable bonds is 6. The lowest BCUT2D eigenvalue weighted by molar-refractivity contribution is 0.617. The fourth-order valence-electron chi connectivity index (χ4n) is 8.05. The Balaban J connectivity index is 1.21. The molecule has 5 nitrogen and oxygen atoms in total. The lowest BCUT2D eigenvalue weighted by Crippen LogP contribution is -2.12. The van der Waals surface area contributed by atoms with Crippen LogP contribution in [0.5, 0.6) is 0 Å². The van der Waals surface area contributed by atoms with Crippen molar-refractivity contribution in [2.45, 2.75) is 0 Å². The first-order chi connectivity index (χ1) is 26.8. The molecule has 0 amide bonds. The van der Waals surface area contributed by atoms with Gasteiger partial charge in [0.1, 0.15) is 11.1 Å². The van der Waals surface area contributed by atoms with Gasteiger partial charge in [0, 0.05) is 44.4 Å². The summed E-state index contributed by atoms with van der Waals surface area (Å²) >= 11 is 0. The molecule has 8 aromatic carbocycles. The zero-order valence-electron chi connectivity index (χ0n) is 29.1. The molecule has 0 spiro atoms. The second kappa shape index (κ2) is 12.1. The predicted octanol–water partition coefficient (Wildman–Crippen LogP) is 13.6. The van der Waals surface area contributed by atoms with Gasteiger partial charge in [0.2, 0.25) is 5.89 Å². The highest BCUT2D eigenvalue weighted by molar-refractivity contribution is 6.19. The van der Waals surface area contributed by atoms with Crippen molar-refractivity contribution >= 4 is 71.9 Å². The highest BCUT2D eigenvalue weighted by atomic mass is 16.4. The Morgan fingerprint density at radius 2 is 1.07 bits per heavy atom. The Morgan fingerprint density at radius 1 is 0.444 bits per heavy atom. The SMILES string of the molecule is c1ccc(-c2nc3cc4c(cc3o2)oc2c(N(c3ccccc3-c3ccccc3)c3cccc5c3c3ccccc3n5-c3ccccc3)cccc24)cc1. The summed E-state index contributed by atoms with van der Waals surface area (Å²) in [4.78, 5) is 7.27. The van der Waals surface area contributed by atoms with E-state index in [1.54, 1.807) is 0 Å². The number of nitrogens with zero attached hydrogens (tertiary/aromatic N) is 3. The minimum atomic E-state index is 0.592. The number of aromatic nitrogens is 2. The van der Waals surface area contributed by atoms with Crippen LogP contribution < -0.4 is 4.90 Å². The van der Waals surface area contributed by atoms with Crippen LogP contribution in [0, 0.1) is 0 Å². The van der Waals surface area contributed by atoms with Crippen LogP contribution in [-0.4, -0.2) is 9.55 Å². The fraction of sp³-hybridized carbons (Fsp3) is 0. The van der Waals surface area contributed by atoms with Gasteiger partial charge in [0.25, 0.3) is 0 Å². The summed E-state index contributed by atoms with van der Waals surface area (Å²) in [6.45, 7) is 0. The van der Waals surface area contributed by atoms with Crippen molar-refractivity contribution in [3.63, 3.8) is 0 Å². The van der Waals surface area contributed by atoms with E-state index < -0.39 is 0 Å². The number of hydrogen-bond donors (Lipinski definition) is 0. The molecule has 0 radical (unpaired) electrons. The predicted molar refractivity (Wildman–Crippen MR) is 221 cm³/mol. The van der Waals surface area contributed by atoms with E-state index in [2.05, 4.69) is 161 Å². The number of anilines is 3. The van der Waals surface area contributed by atoms with Gasteiger partial charge in [-0.05, 0) is 66.2 Å². The van der Waals surface area contributed by atoms with Gasteiger partial charge in [-0.2, -0.15) is 0 Å². The third-order valence-corrected chi connectivity index (χ3v) is 10.4. The van der Waals surface area contributed by atoms with Gasteiger partial charge < -0.3 is 18.3 Å². The maximum atomic E-state index is 6.92. The average Bonchev–Trinajstić information content (AvgIpc) is 3.93. The second-order valence-corrected chi connectivity index (χ2v) is 13.5. The summed E-state index contributed by atoms with van der Waals surface area (Å²) in [5, 5.41) is 4.33. The van der Waals surface area contributed by atoms with Crippen LogP contribution in [0.4, 0.5) is 17.1 Å². The fourth-order valence-corrected chi connectivity index (χ4v) is 8.05. The van der Waals surface area contributed by atoms with Crippen LogP contribution >= 0.6 is 0 Å². The molecule has 0 aliphatic carbocycles. The zero-order chi connectivity index (χ0) is 35.6. The lowest BCUT2D eigenvalue weighted by atomic mass is 10.0. The molecular formula is C49H31N3O2. The molecule has 0 N–H and O–H groups in total. The van der Waals surface area contributed by atoms with Crippen LogP contribution in [0.2, 0.25) is 0 Å². The first kappa shape index (κ1) is 30.3. The van der Waals surface area contributed by atoms with Gasteiger partial charge in [-0.15, -0.1) is 0 Å². The molecule has 0 aliphatic heterocycles. The number of fused-ring (bicyclic) bond motifs is 7. The molecule has 0 fully saturated rings. The summed E-state index contributed by atoms with van der Waals surface area (Å²) < 4.78 is 15.6. The molecule has 0 aliphatic rings. The van der Waals surface area contributed by atoms with E-state index >= 15 is 0 Å². The summed E-state index contributed by atoms with van der Waals surface area (Å²) in [7, 11) is 0. The first-order valence-electron chi connectivity index (χ1n) is 18.1. The third kappa shape index (κ3) is 4.69. The Bertz CT molecular complexity index is 3160. The molecular weight excluding hydrogens is 663 g/mol. The van der Waals surface area contributed by atoms with Crippen LogP contribution in [-0.2, 0) is 0 Å². The summed E-state index contributed by atoms with van der Waals surface area (Å²) in [6, 6.07) is 65.6. The minimum Gasteiger partial charge on any atom is -0.454 e. The lowest BCUT2D eigenvalue weighted by Gasteiger charge is -2.28. The van der Waals surface area contributed by atoms with E-state index in [4.69, 9.17) is 13.8 Å². The highest BCUT2D eigenvalue weighted by Gasteiger charge is 2.26. The van der Waals surface area contributed by atoms with Crippen LogP contribution in [0.1, 0.15) is 0 Å². The Labute approximate surface area is 310 Å². The first-order valence-corrected chi connectivity index (χ1v) is 18.1. The molecule has 3 heterocycles. The molecule has 0 saturated heterocycles. The van der Waals surface area contributed by atoms with Gasteiger partial charge in [-0.3, -0.25) is 0 Å². The maximum Gasteiger partial charge on any atom is 0.227 e. The van der Waals surface area contributed by atoms with E-state index in [0.717, 1.165) is 83.3 Å². The van der Waals surface area contributed by atoms with Crippen LogP contribution in [0.25, 0.3) is 83.1 Å². The van der Waals surface area contributed by atoms with Gasteiger partial charge in [0.15, 0.2) is 11.2 Å². The third-order valence-electron chi connectivity index (χ3n) is 10.4. The van der Waals surface area contributed by atoms with E-state index in [1.165, 1.54) is 5.39 Å². The molecule has 254 valence electrons. The molecule has 5 heteroatoms. The number of para-hydroxylation sites is 4. The zero-order valence-corrected chi connectivity index (χ0v) is 29.1. The van der Waals surface area contributed by atoms with Crippen molar-refractivity contribution < 1.29 is 8.83 Å². The minimum absolute atomic E-state index is 0.592. The number of hydrogen-bond acceptors (Lipinski definition) is 4. The standard InChI is InChI=1S/C49H31N3O2/c1-4-16-32(17-5-1)35-22-10-12-25-40(35)52(43-28-15-27-42-47(43)37-23-11-13-26-41(37)51(42)34-20-8-3-9-21-34)44-29-14-24-36-38-30-39-46(31-45(38)53-48(36)44)54-49(50-39)33-18-6-2-7-19-33/h1-31H. The van der Waals surface area contributed by atoms with Crippen molar-refractivity contribution in [2.75, 3.05) is 4.90 Å². The molecule has 0 saturated carbocycles. The molecule has 0 bridgehead atoms. The van der Waals surface area contributed by atoms with Crippen molar-refractivity contribution in [1.29, 1.82) is 0 Å². The highest BCUT2D eigenvalue weighted by Crippen LogP contribution is 2.49. The Morgan fingerprint density at radius 3 is 1.91 bits per heavy atom. The molecule has 0 atom stereocenters. The van der Waals surface area contributed by atoms with Crippen molar-refractivity contribution in [2.24, 2.45) is 0 Å². The second-order valence-electron chi connectivity index (χ2n) is 13.5. The van der Waals surface area contributed by atoms with E-state index in [9.17, 15) is 0 Å². The van der Waals surface area contributed by atoms with Gasteiger partial charge in [-0.25, -0.2) is 4.98 Å². The Kier molecular flexibility index (Phi) is 6.79. The molecule has 3 aromatic heterocycles. The summed E-state index contributed by atoms with van der Waals surface area (Å²) in [5.74, 6) is 0.592. The van der Waals surface area contributed by atoms with Gasteiger partial charge in [-0.1, -0.05) is 121 Å². The molecule has 54 heavy (non-hydrogen) atoms. The molecule has 11 aromatic rings. The monoisotopic (exact) mass is 693 g/mol. The van der Waals surface area contributed by atoms with E-state index in [-0.39, 0.29) is 0 Å². The van der Waals surface area contributed by atoms with E-state index in [0.29, 0.717) is 11.5 Å². The normalized spacial score (nSPS) is 11.7.